The van der Waals surface area contributed by atoms with Crippen molar-refractivity contribution in [1.29, 1.82) is 0 Å². The second-order valence-corrected chi connectivity index (χ2v) is 6.89. The number of pyridine rings is 1. The van der Waals surface area contributed by atoms with Gasteiger partial charge in [0.2, 0.25) is 0 Å². The van der Waals surface area contributed by atoms with Crippen LogP contribution < -0.4 is 5.32 Å². The van der Waals surface area contributed by atoms with Crippen LogP contribution in [0.2, 0.25) is 0 Å². The second kappa shape index (κ2) is 8.07. The summed E-state index contributed by atoms with van der Waals surface area (Å²) in [6.45, 7) is 7.21. The van der Waals surface area contributed by atoms with Crippen LogP contribution in [-0.2, 0) is 14.9 Å². The molecule has 7 nitrogen and oxygen atoms in total. The van der Waals surface area contributed by atoms with Gasteiger partial charge < -0.3 is 20.3 Å². The number of esters is 1. The molecule has 0 aliphatic heterocycles. The van der Waals surface area contributed by atoms with Gasteiger partial charge in [-0.05, 0) is 19.4 Å². The number of nitrogens with one attached hydrogen (secondary N) is 1. The Morgan fingerprint density at radius 2 is 1.74 bits per heavy atom. The van der Waals surface area contributed by atoms with Crippen LogP contribution >= 0.6 is 0 Å². The number of aromatic nitrogens is 1. The molecular weight excluding hydrogens is 348 g/mol. The highest BCUT2D eigenvalue weighted by atomic mass is 16.5. The fraction of sp³-hybridized carbons (Fsp3) is 0.350. The number of amides is 1. The first kappa shape index (κ1) is 20.2. The first-order chi connectivity index (χ1) is 12.6. The molecule has 0 bridgehead atoms. The molecule has 1 unspecified atom stereocenters. The van der Waals surface area contributed by atoms with Crippen LogP contribution in [0.25, 0.3) is 0 Å². The maximum Gasteiger partial charge on any atom is 0.328 e. The Bertz CT molecular complexity index is 820. The molecule has 0 spiro atoms. The number of benzene rings is 1. The van der Waals surface area contributed by atoms with Gasteiger partial charge in [0.1, 0.15) is 12.1 Å². The molecule has 7 heteroatoms. The molecule has 1 aromatic carbocycles. The minimum atomic E-state index is -0.963. The van der Waals surface area contributed by atoms with Crippen LogP contribution in [0.5, 0.6) is 11.5 Å². The number of rotatable bonds is 6. The standard InChI is InChI=1S/C20H24N2O5/c1-12(22-18(25)16-17(24)15(23)10-11-21-16)19(26)27-13(2)20(3,4)14-8-6-5-7-9-14/h5-13,24H,1-4H3,(H,21,23)(H,22,25)/t12-,13?/m0/s1. The second-order valence-electron chi connectivity index (χ2n) is 6.89. The molecule has 0 saturated heterocycles. The number of ether oxygens (including phenoxy) is 1. The molecule has 3 N–H and O–H groups in total. The van der Waals surface area contributed by atoms with Crippen molar-refractivity contribution < 1.29 is 24.5 Å². The topological polar surface area (TPSA) is 109 Å². The molecule has 1 heterocycles. The number of nitrogens with zero attached hydrogens (tertiary/aromatic N) is 1. The van der Waals surface area contributed by atoms with Crippen LogP contribution in [-0.4, -0.2) is 39.2 Å². The van der Waals surface area contributed by atoms with E-state index in [2.05, 4.69) is 10.3 Å². The van der Waals surface area contributed by atoms with Crippen LogP contribution in [0.1, 0.15) is 43.7 Å². The summed E-state index contributed by atoms with van der Waals surface area (Å²) in [6, 6.07) is 9.87. The maximum atomic E-state index is 12.4. The van der Waals surface area contributed by atoms with Gasteiger partial charge in [0.15, 0.2) is 17.2 Å². The lowest BCUT2D eigenvalue weighted by molar-refractivity contribution is -0.153. The van der Waals surface area contributed by atoms with Gasteiger partial charge in [-0.1, -0.05) is 44.2 Å². The third-order valence-corrected chi connectivity index (χ3v) is 4.65. The zero-order chi connectivity index (χ0) is 20.2. The SMILES string of the molecule is CC(OC(=O)[C@H](C)NC(=O)c1nccc(O)c1O)C(C)(C)c1ccccc1. The molecule has 0 radical (unpaired) electrons. The average Bonchev–Trinajstić information content (AvgIpc) is 2.64. The van der Waals surface area contributed by atoms with Crippen molar-refractivity contribution >= 4 is 11.9 Å². The van der Waals surface area contributed by atoms with Gasteiger partial charge in [-0.3, -0.25) is 4.79 Å². The predicted octanol–water partition coefficient (Wildman–Crippen LogP) is 2.52. The van der Waals surface area contributed by atoms with Crippen molar-refractivity contribution in [1.82, 2.24) is 10.3 Å². The molecule has 1 aromatic heterocycles. The van der Waals surface area contributed by atoms with Crippen LogP contribution in [0.4, 0.5) is 0 Å². The lowest BCUT2D eigenvalue weighted by Crippen LogP contribution is -2.44. The van der Waals surface area contributed by atoms with Crippen molar-refractivity contribution in [2.24, 2.45) is 0 Å². The summed E-state index contributed by atoms with van der Waals surface area (Å²) in [4.78, 5) is 28.3. The fourth-order valence-electron chi connectivity index (χ4n) is 2.46. The van der Waals surface area contributed by atoms with E-state index in [1.165, 1.54) is 13.1 Å². The fourth-order valence-corrected chi connectivity index (χ4v) is 2.46. The molecule has 1 amide bonds. The van der Waals surface area contributed by atoms with Crippen LogP contribution in [0, 0.1) is 0 Å². The molecule has 0 aliphatic carbocycles. The first-order valence-electron chi connectivity index (χ1n) is 8.58. The summed E-state index contributed by atoms with van der Waals surface area (Å²) in [5, 5.41) is 21.6. The third kappa shape index (κ3) is 4.55. The molecule has 0 aliphatic rings. The van der Waals surface area contributed by atoms with Gasteiger partial charge in [0.25, 0.3) is 5.91 Å². The lowest BCUT2D eigenvalue weighted by atomic mass is 9.80. The van der Waals surface area contributed by atoms with Gasteiger partial charge in [-0.15, -0.1) is 0 Å². The molecule has 0 fully saturated rings. The Morgan fingerprint density at radius 3 is 2.37 bits per heavy atom. The summed E-state index contributed by atoms with van der Waals surface area (Å²) < 4.78 is 5.54. The number of carbonyl (C=O) groups is 2. The Hall–Kier alpha value is -3.09. The highest BCUT2D eigenvalue weighted by Gasteiger charge is 2.32. The van der Waals surface area contributed by atoms with E-state index in [1.54, 1.807) is 6.92 Å². The van der Waals surface area contributed by atoms with Crippen molar-refractivity contribution in [2.45, 2.75) is 45.3 Å². The van der Waals surface area contributed by atoms with Gasteiger partial charge in [0.05, 0.1) is 0 Å². The summed E-state index contributed by atoms with van der Waals surface area (Å²) in [5.74, 6) is -2.51. The van der Waals surface area contributed by atoms with E-state index in [1.807, 2.05) is 44.2 Å². The van der Waals surface area contributed by atoms with Crippen molar-refractivity contribution in [2.75, 3.05) is 0 Å². The molecule has 0 saturated carbocycles. The number of hydrogen-bond acceptors (Lipinski definition) is 6. The van der Waals surface area contributed by atoms with E-state index in [9.17, 15) is 19.8 Å². The number of carbonyl (C=O) groups excluding carboxylic acids is 2. The van der Waals surface area contributed by atoms with Crippen molar-refractivity contribution in [3.8, 4) is 11.5 Å². The zero-order valence-corrected chi connectivity index (χ0v) is 15.8. The Kier molecular flexibility index (Phi) is 6.05. The van der Waals surface area contributed by atoms with Crippen LogP contribution in [0.15, 0.2) is 42.6 Å². The Morgan fingerprint density at radius 1 is 1.11 bits per heavy atom. The summed E-state index contributed by atoms with van der Waals surface area (Å²) in [5.41, 5.74) is 0.231. The molecule has 2 rings (SSSR count). The van der Waals surface area contributed by atoms with Gasteiger partial charge in [-0.25, -0.2) is 9.78 Å². The van der Waals surface area contributed by atoms with Crippen molar-refractivity contribution in [3.63, 3.8) is 0 Å². The molecule has 2 atom stereocenters. The lowest BCUT2D eigenvalue weighted by Gasteiger charge is -2.32. The van der Waals surface area contributed by atoms with Gasteiger partial charge in [-0.2, -0.15) is 0 Å². The molecule has 2 aromatic rings. The van der Waals surface area contributed by atoms with E-state index in [4.69, 9.17) is 4.74 Å². The third-order valence-electron chi connectivity index (χ3n) is 4.65. The maximum absolute atomic E-state index is 12.4. The average molecular weight is 372 g/mol. The summed E-state index contributed by atoms with van der Waals surface area (Å²) >= 11 is 0. The predicted molar refractivity (Wildman–Crippen MR) is 99.5 cm³/mol. The van der Waals surface area contributed by atoms with E-state index in [-0.39, 0.29) is 5.69 Å². The smallest absolute Gasteiger partial charge is 0.328 e. The van der Waals surface area contributed by atoms with E-state index < -0.39 is 40.9 Å². The zero-order valence-electron chi connectivity index (χ0n) is 15.8. The highest BCUT2D eigenvalue weighted by molar-refractivity contribution is 5.97. The van der Waals surface area contributed by atoms with E-state index in [0.29, 0.717) is 0 Å². The largest absolute Gasteiger partial charge is 0.504 e. The summed E-state index contributed by atoms with van der Waals surface area (Å²) in [7, 11) is 0. The monoisotopic (exact) mass is 372 g/mol. The Balaban J connectivity index is 2.03. The molecule has 144 valence electrons. The van der Waals surface area contributed by atoms with E-state index in [0.717, 1.165) is 11.6 Å². The minimum Gasteiger partial charge on any atom is -0.504 e. The summed E-state index contributed by atoms with van der Waals surface area (Å²) in [6.07, 6.45) is 0.733. The quantitative estimate of drug-likeness (QED) is 0.673. The molecule has 27 heavy (non-hydrogen) atoms. The number of aromatic hydroxyl groups is 2. The van der Waals surface area contributed by atoms with Crippen molar-refractivity contribution in [3.05, 3.63) is 53.9 Å². The van der Waals surface area contributed by atoms with E-state index >= 15 is 0 Å². The van der Waals surface area contributed by atoms with Crippen LogP contribution in [0.3, 0.4) is 0 Å². The van der Waals surface area contributed by atoms with Gasteiger partial charge >= 0.3 is 5.97 Å². The minimum absolute atomic E-state index is 0.368. The van der Waals surface area contributed by atoms with Gasteiger partial charge in [0, 0.05) is 17.7 Å². The number of hydrogen-bond donors (Lipinski definition) is 3. The normalized spacial score (nSPS) is 13.5. The Labute approximate surface area is 158 Å². The highest BCUT2D eigenvalue weighted by Crippen LogP contribution is 2.29. The first-order valence-corrected chi connectivity index (χ1v) is 8.58. The molecular formula is C20H24N2O5.